The Morgan fingerprint density at radius 2 is 1.94 bits per heavy atom. The van der Waals surface area contributed by atoms with Gasteiger partial charge in [-0.1, -0.05) is 12.1 Å². The monoisotopic (exact) mass is 223 g/mol. The van der Waals surface area contributed by atoms with Crippen molar-refractivity contribution in [1.82, 2.24) is 5.32 Å². The molecule has 0 aliphatic heterocycles. The molecule has 1 aromatic carbocycles. The van der Waals surface area contributed by atoms with E-state index >= 15 is 0 Å². The van der Waals surface area contributed by atoms with E-state index in [0.717, 1.165) is 11.3 Å². The normalized spacial score (nSPS) is 16.6. The number of methoxy groups -OCH3 is 1. The van der Waals surface area contributed by atoms with Gasteiger partial charge in [0.1, 0.15) is 5.75 Å². The maximum absolute atomic E-state index is 9.43. The minimum atomic E-state index is -0.354. The first-order valence-electron chi connectivity index (χ1n) is 5.62. The van der Waals surface area contributed by atoms with Crippen molar-refractivity contribution in [3.8, 4) is 5.75 Å². The Labute approximate surface area is 97.4 Å². The van der Waals surface area contributed by atoms with Crippen molar-refractivity contribution < 1.29 is 9.84 Å². The van der Waals surface area contributed by atoms with Crippen molar-refractivity contribution in [2.24, 2.45) is 0 Å². The lowest BCUT2D eigenvalue weighted by Gasteiger charge is -2.22. The molecule has 0 aromatic heterocycles. The van der Waals surface area contributed by atoms with Crippen molar-refractivity contribution in [3.63, 3.8) is 0 Å². The minimum absolute atomic E-state index is 0.0706. The van der Waals surface area contributed by atoms with E-state index in [4.69, 9.17) is 4.74 Å². The van der Waals surface area contributed by atoms with Crippen LogP contribution in [0.1, 0.15) is 32.4 Å². The Balaban J connectivity index is 2.68. The highest BCUT2D eigenvalue weighted by Crippen LogP contribution is 2.19. The van der Waals surface area contributed by atoms with Gasteiger partial charge in [-0.15, -0.1) is 0 Å². The van der Waals surface area contributed by atoms with Crippen LogP contribution in [-0.4, -0.2) is 24.4 Å². The largest absolute Gasteiger partial charge is 0.497 e. The highest BCUT2D eigenvalue weighted by molar-refractivity contribution is 5.30. The summed E-state index contributed by atoms with van der Waals surface area (Å²) in [5, 5.41) is 12.8. The van der Waals surface area contributed by atoms with Crippen molar-refractivity contribution in [2.75, 3.05) is 7.11 Å². The van der Waals surface area contributed by atoms with Crippen LogP contribution in [0, 0.1) is 0 Å². The Kier molecular flexibility index (Phi) is 4.77. The van der Waals surface area contributed by atoms with Gasteiger partial charge in [-0.25, -0.2) is 0 Å². The lowest BCUT2D eigenvalue weighted by molar-refractivity contribution is 0.147. The van der Waals surface area contributed by atoms with Gasteiger partial charge >= 0.3 is 0 Å². The molecule has 0 saturated heterocycles. The number of aliphatic hydroxyl groups is 1. The van der Waals surface area contributed by atoms with E-state index in [-0.39, 0.29) is 18.2 Å². The molecule has 0 bridgehead atoms. The van der Waals surface area contributed by atoms with Crippen molar-refractivity contribution in [1.29, 1.82) is 0 Å². The first-order valence-corrected chi connectivity index (χ1v) is 5.62. The third-order valence-corrected chi connectivity index (χ3v) is 2.83. The summed E-state index contributed by atoms with van der Waals surface area (Å²) >= 11 is 0. The Morgan fingerprint density at radius 3 is 2.50 bits per heavy atom. The standard InChI is InChI=1S/C13H21NO2/c1-9(11(3)15)14-10(2)12-6-5-7-13(8-12)16-4/h5-11,14-15H,1-4H3/t9?,10-,11?/m0/s1. The Hall–Kier alpha value is -1.06. The molecular weight excluding hydrogens is 202 g/mol. The van der Waals surface area contributed by atoms with Crippen LogP contribution >= 0.6 is 0 Å². The number of nitrogens with one attached hydrogen (secondary N) is 1. The molecule has 3 nitrogen and oxygen atoms in total. The minimum Gasteiger partial charge on any atom is -0.497 e. The van der Waals surface area contributed by atoms with Crippen LogP contribution in [0.4, 0.5) is 0 Å². The number of benzene rings is 1. The summed E-state index contributed by atoms with van der Waals surface area (Å²) in [6.07, 6.45) is -0.354. The van der Waals surface area contributed by atoms with Gasteiger partial charge < -0.3 is 15.2 Å². The Bertz CT molecular complexity index is 325. The third kappa shape index (κ3) is 3.51. The first kappa shape index (κ1) is 13.0. The SMILES string of the molecule is COc1cccc([C@H](C)NC(C)C(C)O)c1. The van der Waals surface area contributed by atoms with Crippen LogP contribution < -0.4 is 10.1 Å². The van der Waals surface area contributed by atoms with Gasteiger partial charge in [-0.3, -0.25) is 0 Å². The van der Waals surface area contributed by atoms with Crippen molar-refractivity contribution in [3.05, 3.63) is 29.8 Å². The molecule has 1 rings (SSSR count). The molecule has 16 heavy (non-hydrogen) atoms. The molecule has 3 heteroatoms. The fourth-order valence-electron chi connectivity index (χ4n) is 1.54. The average molecular weight is 223 g/mol. The van der Waals surface area contributed by atoms with Crippen LogP contribution in [0.25, 0.3) is 0 Å². The molecule has 0 heterocycles. The van der Waals surface area contributed by atoms with E-state index in [2.05, 4.69) is 18.3 Å². The molecule has 0 amide bonds. The summed E-state index contributed by atoms with van der Waals surface area (Å²) in [5.41, 5.74) is 1.16. The van der Waals surface area contributed by atoms with Crippen LogP contribution in [-0.2, 0) is 0 Å². The molecule has 0 spiro atoms. The fraction of sp³-hybridized carbons (Fsp3) is 0.538. The number of hydrogen-bond donors (Lipinski definition) is 2. The predicted octanol–water partition coefficient (Wildman–Crippen LogP) is 2.12. The molecule has 0 aliphatic carbocycles. The molecule has 1 aromatic rings. The predicted molar refractivity (Wildman–Crippen MR) is 65.7 cm³/mol. The number of ether oxygens (including phenoxy) is 1. The molecule has 3 atom stereocenters. The van der Waals surface area contributed by atoms with E-state index < -0.39 is 0 Å². The summed E-state index contributed by atoms with van der Waals surface area (Å²) in [4.78, 5) is 0. The second-order valence-corrected chi connectivity index (χ2v) is 4.19. The van der Waals surface area contributed by atoms with Gasteiger partial charge in [-0.05, 0) is 38.5 Å². The third-order valence-electron chi connectivity index (χ3n) is 2.83. The summed E-state index contributed by atoms with van der Waals surface area (Å²) in [7, 11) is 1.66. The second-order valence-electron chi connectivity index (χ2n) is 4.19. The van der Waals surface area contributed by atoms with E-state index in [1.807, 2.05) is 25.1 Å². The van der Waals surface area contributed by atoms with Crippen LogP contribution in [0.3, 0.4) is 0 Å². The highest BCUT2D eigenvalue weighted by Gasteiger charge is 2.13. The van der Waals surface area contributed by atoms with Crippen molar-refractivity contribution >= 4 is 0 Å². The number of rotatable bonds is 5. The number of aliphatic hydroxyl groups excluding tert-OH is 1. The maximum Gasteiger partial charge on any atom is 0.119 e. The van der Waals surface area contributed by atoms with Gasteiger partial charge in [0.25, 0.3) is 0 Å². The quantitative estimate of drug-likeness (QED) is 0.803. The van der Waals surface area contributed by atoms with E-state index in [1.165, 1.54) is 0 Å². The molecule has 0 fully saturated rings. The van der Waals surface area contributed by atoms with Gasteiger partial charge in [0.05, 0.1) is 13.2 Å². The molecule has 90 valence electrons. The first-order chi connectivity index (χ1) is 7.54. The maximum atomic E-state index is 9.43. The van der Waals surface area contributed by atoms with E-state index in [1.54, 1.807) is 14.0 Å². The zero-order valence-electron chi connectivity index (χ0n) is 10.4. The smallest absolute Gasteiger partial charge is 0.119 e. The van der Waals surface area contributed by atoms with Gasteiger partial charge in [0, 0.05) is 12.1 Å². The van der Waals surface area contributed by atoms with Gasteiger partial charge in [-0.2, -0.15) is 0 Å². The Morgan fingerprint density at radius 1 is 1.25 bits per heavy atom. The summed E-state index contributed by atoms with van der Waals surface area (Å²) in [6, 6.07) is 8.22. The van der Waals surface area contributed by atoms with E-state index in [9.17, 15) is 5.11 Å². The van der Waals surface area contributed by atoms with Crippen LogP contribution in [0.5, 0.6) is 5.75 Å². The van der Waals surface area contributed by atoms with Crippen LogP contribution in [0.2, 0.25) is 0 Å². The lowest BCUT2D eigenvalue weighted by Crippen LogP contribution is -2.37. The molecular formula is C13H21NO2. The van der Waals surface area contributed by atoms with E-state index in [0.29, 0.717) is 0 Å². The molecule has 2 N–H and O–H groups in total. The highest BCUT2D eigenvalue weighted by atomic mass is 16.5. The van der Waals surface area contributed by atoms with Gasteiger partial charge in [0.15, 0.2) is 0 Å². The summed E-state index contributed by atoms with van der Waals surface area (Å²) < 4.78 is 5.18. The number of hydrogen-bond acceptors (Lipinski definition) is 3. The second kappa shape index (κ2) is 5.87. The average Bonchev–Trinajstić information content (AvgIpc) is 2.28. The zero-order chi connectivity index (χ0) is 12.1. The zero-order valence-corrected chi connectivity index (χ0v) is 10.4. The van der Waals surface area contributed by atoms with Crippen molar-refractivity contribution in [2.45, 2.75) is 39.0 Å². The van der Waals surface area contributed by atoms with Crippen LogP contribution in [0.15, 0.2) is 24.3 Å². The lowest BCUT2D eigenvalue weighted by atomic mass is 10.1. The topological polar surface area (TPSA) is 41.5 Å². The molecule has 0 radical (unpaired) electrons. The molecule has 0 saturated carbocycles. The summed E-state index contributed by atoms with van der Waals surface area (Å²) in [5.74, 6) is 0.857. The fourth-order valence-corrected chi connectivity index (χ4v) is 1.54. The van der Waals surface area contributed by atoms with Gasteiger partial charge in [0.2, 0.25) is 0 Å². The summed E-state index contributed by atoms with van der Waals surface area (Å²) in [6.45, 7) is 5.84. The molecule has 2 unspecified atom stereocenters. The molecule has 0 aliphatic rings.